The second-order valence-corrected chi connectivity index (χ2v) is 7.20. The Hall–Kier alpha value is -1.60. The zero-order chi connectivity index (χ0) is 15.6. The van der Waals surface area contributed by atoms with Gasteiger partial charge in [0.1, 0.15) is 0 Å². The molecule has 0 aliphatic carbocycles. The minimum absolute atomic E-state index is 0.0689. The van der Waals surface area contributed by atoms with Gasteiger partial charge in [0, 0.05) is 31.2 Å². The normalized spacial score (nSPS) is 19.4. The molecule has 0 saturated carbocycles. The Balaban J connectivity index is 2.27. The molecule has 0 aromatic heterocycles. The van der Waals surface area contributed by atoms with Gasteiger partial charge in [-0.2, -0.15) is 0 Å². The Labute approximate surface area is 125 Å². The molecule has 1 aliphatic heterocycles. The summed E-state index contributed by atoms with van der Waals surface area (Å²) in [5, 5.41) is 3.24. The Morgan fingerprint density at radius 1 is 1.43 bits per heavy atom. The molecule has 0 spiro atoms. The van der Waals surface area contributed by atoms with E-state index in [1.165, 1.54) is 0 Å². The summed E-state index contributed by atoms with van der Waals surface area (Å²) in [5.41, 5.74) is 1.73. The van der Waals surface area contributed by atoms with Crippen molar-refractivity contribution in [2.45, 2.75) is 19.9 Å². The first-order chi connectivity index (χ1) is 9.78. The maximum Gasteiger partial charge on any atom is 0.254 e. The molecule has 1 saturated heterocycles. The third-order valence-corrected chi connectivity index (χ3v) is 4.13. The molecule has 21 heavy (non-hydrogen) atoms. The van der Waals surface area contributed by atoms with E-state index in [4.69, 9.17) is 0 Å². The summed E-state index contributed by atoms with van der Waals surface area (Å²) in [6.07, 6.45) is 1.10. The fraction of sp³-hybridized carbons (Fsp3) is 0.500. The third-order valence-electron chi connectivity index (χ3n) is 3.54. The van der Waals surface area contributed by atoms with Gasteiger partial charge in [-0.05, 0) is 31.5 Å². The van der Waals surface area contributed by atoms with Crippen LogP contribution in [0.15, 0.2) is 18.2 Å². The number of hydrogen-bond acceptors (Lipinski definition) is 4. The Bertz CT molecular complexity index is 643. The number of amides is 1. The fourth-order valence-corrected chi connectivity index (χ4v) is 2.99. The van der Waals surface area contributed by atoms with Crippen LogP contribution in [0.4, 0.5) is 5.69 Å². The summed E-state index contributed by atoms with van der Waals surface area (Å²) < 4.78 is 25.2. The lowest BCUT2D eigenvalue weighted by atomic mass is 10.1. The number of piperazine rings is 1. The van der Waals surface area contributed by atoms with E-state index in [0.717, 1.165) is 24.9 Å². The van der Waals surface area contributed by atoms with Crippen LogP contribution < -0.4 is 10.0 Å². The minimum Gasteiger partial charge on any atom is -0.333 e. The summed E-state index contributed by atoms with van der Waals surface area (Å²) >= 11 is 0. The standard InChI is InChI=1S/C14H21N3O3S/c1-10-4-5-12(8-13(10)16-21(3,19)20)14(18)17-7-6-15-9-11(17)2/h4-5,8,11,15-16H,6-7,9H2,1-3H3/t11-/m0/s1. The van der Waals surface area contributed by atoms with Gasteiger partial charge in [-0.15, -0.1) is 0 Å². The summed E-state index contributed by atoms with van der Waals surface area (Å²) in [7, 11) is -3.36. The topological polar surface area (TPSA) is 78.5 Å². The van der Waals surface area contributed by atoms with Crippen molar-refractivity contribution in [2.24, 2.45) is 0 Å². The van der Waals surface area contributed by atoms with Gasteiger partial charge in [-0.3, -0.25) is 9.52 Å². The smallest absolute Gasteiger partial charge is 0.254 e. The lowest BCUT2D eigenvalue weighted by molar-refractivity contribution is 0.0656. The van der Waals surface area contributed by atoms with Crippen LogP contribution >= 0.6 is 0 Å². The molecule has 0 bridgehead atoms. The summed E-state index contributed by atoms with van der Waals surface area (Å²) in [6.45, 7) is 5.99. The van der Waals surface area contributed by atoms with Crippen molar-refractivity contribution < 1.29 is 13.2 Å². The Morgan fingerprint density at radius 3 is 2.76 bits per heavy atom. The van der Waals surface area contributed by atoms with E-state index in [2.05, 4.69) is 10.0 Å². The van der Waals surface area contributed by atoms with Gasteiger partial charge < -0.3 is 10.2 Å². The number of carbonyl (C=O) groups is 1. The van der Waals surface area contributed by atoms with E-state index >= 15 is 0 Å². The van der Waals surface area contributed by atoms with Gasteiger partial charge in [0.2, 0.25) is 10.0 Å². The van der Waals surface area contributed by atoms with Gasteiger partial charge in [0.25, 0.3) is 5.91 Å². The number of hydrogen-bond donors (Lipinski definition) is 2. The minimum atomic E-state index is -3.36. The molecule has 0 unspecified atom stereocenters. The predicted octanol–water partition coefficient (Wildman–Crippen LogP) is 0.800. The van der Waals surface area contributed by atoms with Crippen LogP contribution in [0.5, 0.6) is 0 Å². The fourth-order valence-electron chi connectivity index (χ4n) is 2.37. The first kappa shape index (κ1) is 15.8. The van der Waals surface area contributed by atoms with Crippen LogP contribution in [0.25, 0.3) is 0 Å². The van der Waals surface area contributed by atoms with Crippen molar-refractivity contribution in [2.75, 3.05) is 30.6 Å². The number of nitrogens with zero attached hydrogens (tertiary/aromatic N) is 1. The van der Waals surface area contributed by atoms with E-state index < -0.39 is 10.0 Å². The molecule has 1 heterocycles. The van der Waals surface area contributed by atoms with E-state index in [-0.39, 0.29) is 11.9 Å². The van der Waals surface area contributed by atoms with Gasteiger partial charge in [0.05, 0.1) is 11.9 Å². The molecule has 1 aromatic rings. The van der Waals surface area contributed by atoms with Gasteiger partial charge in [0.15, 0.2) is 0 Å². The van der Waals surface area contributed by atoms with Crippen molar-refractivity contribution in [1.29, 1.82) is 0 Å². The van der Waals surface area contributed by atoms with Crippen molar-refractivity contribution in [1.82, 2.24) is 10.2 Å². The number of rotatable bonds is 3. The average Bonchev–Trinajstić information content (AvgIpc) is 2.39. The van der Waals surface area contributed by atoms with Crippen LogP contribution in [0.1, 0.15) is 22.8 Å². The second-order valence-electron chi connectivity index (χ2n) is 5.46. The largest absolute Gasteiger partial charge is 0.333 e. The van der Waals surface area contributed by atoms with Crippen LogP contribution in [-0.4, -0.2) is 51.2 Å². The van der Waals surface area contributed by atoms with Crippen LogP contribution in [0.3, 0.4) is 0 Å². The molecule has 6 nitrogen and oxygen atoms in total. The zero-order valence-corrected chi connectivity index (χ0v) is 13.3. The summed E-state index contributed by atoms with van der Waals surface area (Å²) in [6, 6.07) is 5.22. The monoisotopic (exact) mass is 311 g/mol. The number of aryl methyl sites for hydroxylation is 1. The first-order valence-electron chi connectivity index (χ1n) is 6.88. The van der Waals surface area contributed by atoms with Crippen molar-refractivity contribution in [3.8, 4) is 0 Å². The lowest BCUT2D eigenvalue weighted by Gasteiger charge is -2.34. The molecule has 2 N–H and O–H groups in total. The highest BCUT2D eigenvalue weighted by Crippen LogP contribution is 2.20. The summed E-state index contributed by atoms with van der Waals surface area (Å²) in [5.74, 6) is -0.0689. The SMILES string of the molecule is Cc1ccc(C(=O)N2CCNC[C@@H]2C)cc1NS(C)(=O)=O. The number of carbonyl (C=O) groups excluding carboxylic acids is 1. The number of sulfonamides is 1. The molecule has 7 heteroatoms. The lowest BCUT2D eigenvalue weighted by Crippen LogP contribution is -2.52. The van der Waals surface area contributed by atoms with Gasteiger partial charge in [-0.1, -0.05) is 6.07 Å². The Kier molecular flexibility index (Phi) is 4.53. The van der Waals surface area contributed by atoms with Crippen molar-refractivity contribution in [3.05, 3.63) is 29.3 Å². The third kappa shape index (κ3) is 3.95. The highest BCUT2D eigenvalue weighted by atomic mass is 32.2. The van der Waals surface area contributed by atoms with Crippen LogP contribution in [0, 0.1) is 6.92 Å². The highest BCUT2D eigenvalue weighted by molar-refractivity contribution is 7.92. The Morgan fingerprint density at radius 2 is 2.14 bits per heavy atom. The molecule has 1 fully saturated rings. The van der Waals surface area contributed by atoms with E-state index in [9.17, 15) is 13.2 Å². The zero-order valence-electron chi connectivity index (χ0n) is 12.5. The molecule has 1 aromatic carbocycles. The van der Waals surface area contributed by atoms with Gasteiger partial charge in [-0.25, -0.2) is 8.42 Å². The molecule has 1 atom stereocenters. The van der Waals surface area contributed by atoms with Crippen molar-refractivity contribution in [3.63, 3.8) is 0 Å². The highest BCUT2D eigenvalue weighted by Gasteiger charge is 2.24. The van der Waals surface area contributed by atoms with Crippen LogP contribution in [-0.2, 0) is 10.0 Å². The molecule has 1 amide bonds. The van der Waals surface area contributed by atoms with Crippen LogP contribution in [0.2, 0.25) is 0 Å². The summed E-state index contributed by atoms with van der Waals surface area (Å²) in [4.78, 5) is 14.4. The molecular weight excluding hydrogens is 290 g/mol. The van der Waals surface area contributed by atoms with Gasteiger partial charge >= 0.3 is 0 Å². The van der Waals surface area contributed by atoms with E-state index in [1.54, 1.807) is 25.1 Å². The molecule has 116 valence electrons. The van der Waals surface area contributed by atoms with Crippen molar-refractivity contribution >= 4 is 21.6 Å². The average molecular weight is 311 g/mol. The number of anilines is 1. The maximum absolute atomic E-state index is 12.6. The molecule has 0 radical (unpaired) electrons. The molecule has 2 rings (SSSR count). The number of benzene rings is 1. The first-order valence-corrected chi connectivity index (χ1v) is 8.77. The second kappa shape index (κ2) is 6.03. The van der Waals surface area contributed by atoms with E-state index in [1.807, 2.05) is 11.8 Å². The molecule has 1 aliphatic rings. The maximum atomic E-state index is 12.6. The number of nitrogens with one attached hydrogen (secondary N) is 2. The quantitative estimate of drug-likeness (QED) is 0.865. The van der Waals surface area contributed by atoms with E-state index in [0.29, 0.717) is 17.8 Å². The molecular formula is C14H21N3O3S. The predicted molar refractivity (Wildman–Crippen MR) is 83.0 cm³/mol.